The molecule has 0 heterocycles. The molecular weight excluding hydrogens is 264 g/mol. The molecule has 1 aromatic carbocycles. The van der Waals surface area contributed by atoms with Gasteiger partial charge in [-0.15, -0.1) is 0 Å². The van der Waals surface area contributed by atoms with Crippen LogP contribution in [0.2, 0.25) is 5.02 Å². The zero-order valence-electron chi connectivity index (χ0n) is 10.4. The molecule has 6 heteroatoms. The number of nitriles is 2. The van der Waals surface area contributed by atoms with E-state index in [-0.39, 0.29) is 12.5 Å². The number of nitrogens with one attached hydrogen (secondary N) is 2. The van der Waals surface area contributed by atoms with Crippen molar-refractivity contribution in [3.8, 4) is 12.1 Å². The molecule has 19 heavy (non-hydrogen) atoms. The highest BCUT2D eigenvalue weighted by Crippen LogP contribution is 2.22. The van der Waals surface area contributed by atoms with Crippen LogP contribution in [0.5, 0.6) is 0 Å². The molecule has 98 valence electrons. The molecule has 0 aliphatic carbocycles. The first-order chi connectivity index (χ1) is 9.10. The van der Waals surface area contributed by atoms with Gasteiger partial charge in [-0.05, 0) is 24.6 Å². The fourth-order valence-electron chi connectivity index (χ4n) is 1.44. The minimum atomic E-state index is -0.445. The molecule has 0 saturated heterocycles. The van der Waals surface area contributed by atoms with Crippen molar-refractivity contribution in [2.75, 3.05) is 5.32 Å². The highest BCUT2D eigenvalue weighted by molar-refractivity contribution is 6.33. The number of anilines is 1. The van der Waals surface area contributed by atoms with E-state index >= 15 is 0 Å². The third kappa shape index (κ3) is 4.50. The van der Waals surface area contributed by atoms with Crippen LogP contribution in [0.4, 0.5) is 10.5 Å². The molecule has 1 rings (SSSR count). The molecule has 0 radical (unpaired) electrons. The van der Waals surface area contributed by atoms with Crippen LogP contribution in [0.15, 0.2) is 18.2 Å². The van der Waals surface area contributed by atoms with Crippen LogP contribution < -0.4 is 10.6 Å². The quantitative estimate of drug-likeness (QED) is 0.886. The summed E-state index contributed by atoms with van der Waals surface area (Å²) in [6, 6.07) is 7.92. The minimum Gasteiger partial charge on any atom is -0.334 e. The molecule has 0 aliphatic rings. The van der Waals surface area contributed by atoms with Gasteiger partial charge < -0.3 is 10.6 Å². The number of nitrogens with zero attached hydrogens (tertiary/aromatic N) is 2. The lowest BCUT2D eigenvalue weighted by Crippen LogP contribution is -2.37. The van der Waals surface area contributed by atoms with Crippen LogP contribution in [0.25, 0.3) is 0 Å². The Balaban J connectivity index is 2.72. The Kier molecular flexibility index (Phi) is 5.66. The molecule has 0 aliphatic heterocycles. The van der Waals surface area contributed by atoms with E-state index in [9.17, 15) is 4.79 Å². The fourth-order valence-corrected chi connectivity index (χ4v) is 1.61. The second-order valence-corrected chi connectivity index (χ2v) is 4.28. The summed E-state index contributed by atoms with van der Waals surface area (Å²) in [5, 5.41) is 23.0. The SMILES string of the molecule is CCC(CC#N)NC(=O)Nc1cc(C#N)ccc1Cl. The maximum Gasteiger partial charge on any atom is 0.319 e. The van der Waals surface area contributed by atoms with Crippen molar-refractivity contribution < 1.29 is 4.79 Å². The first-order valence-corrected chi connectivity index (χ1v) is 6.12. The first-order valence-electron chi connectivity index (χ1n) is 5.74. The van der Waals surface area contributed by atoms with E-state index in [0.29, 0.717) is 22.7 Å². The summed E-state index contributed by atoms with van der Waals surface area (Å²) in [6.07, 6.45) is 0.906. The van der Waals surface area contributed by atoms with Gasteiger partial charge in [0, 0.05) is 6.04 Å². The molecule has 0 saturated carbocycles. The summed E-state index contributed by atoms with van der Waals surface area (Å²) in [6.45, 7) is 1.88. The standard InChI is InChI=1S/C13H13ClN4O/c1-2-10(5-6-15)17-13(19)18-12-7-9(8-16)3-4-11(12)14/h3-4,7,10H,2,5H2,1H3,(H2,17,18,19). The Morgan fingerprint density at radius 3 is 2.79 bits per heavy atom. The van der Waals surface area contributed by atoms with E-state index in [1.54, 1.807) is 12.1 Å². The van der Waals surface area contributed by atoms with E-state index < -0.39 is 6.03 Å². The van der Waals surface area contributed by atoms with E-state index in [0.717, 1.165) is 0 Å². The molecule has 0 fully saturated rings. The Hall–Kier alpha value is -2.24. The van der Waals surface area contributed by atoms with Gasteiger partial charge in [-0.25, -0.2) is 4.79 Å². The van der Waals surface area contributed by atoms with Crippen molar-refractivity contribution in [1.82, 2.24) is 5.32 Å². The Morgan fingerprint density at radius 1 is 1.47 bits per heavy atom. The summed E-state index contributed by atoms with van der Waals surface area (Å²) >= 11 is 5.92. The van der Waals surface area contributed by atoms with E-state index in [1.807, 2.05) is 19.1 Å². The molecule has 1 atom stereocenters. The van der Waals surface area contributed by atoms with Gasteiger partial charge >= 0.3 is 6.03 Å². The van der Waals surface area contributed by atoms with E-state index in [4.69, 9.17) is 22.1 Å². The maximum absolute atomic E-state index is 11.7. The number of rotatable bonds is 4. The van der Waals surface area contributed by atoms with Crippen LogP contribution in [-0.4, -0.2) is 12.1 Å². The van der Waals surface area contributed by atoms with E-state index in [2.05, 4.69) is 10.6 Å². The number of benzene rings is 1. The summed E-state index contributed by atoms with van der Waals surface area (Å²) in [5.74, 6) is 0. The van der Waals surface area contributed by atoms with Crippen LogP contribution in [0.1, 0.15) is 25.3 Å². The first kappa shape index (κ1) is 14.8. The van der Waals surface area contributed by atoms with Crippen LogP contribution in [-0.2, 0) is 0 Å². The van der Waals surface area contributed by atoms with Crippen LogP contribution >= 0.6 is 11.6 Å². The third-order valence-corrected chi connectivity index (χ3v) is 2.84. The van der Waals surface area contributed by atoms with Gasteiger partial charge in [0.2, 0.25) is 0 Å². The summed E-state index contributed by atoms with van der Waals surface area (Å²) in [5.41, 5.74) is 0.772. The lowest BCUT2D eigenvalue weighted by Gasteiger charge is -2.15. The van der Waals surface area contributed by atoms with Gasteiger partial charge in [0.25, 0.3) is 0 Å². The normalized spacial score (nSPS) is 10.9. The molecule has 0 bridgehead atoms. The Labute approximate surface area is 116 Å². The van der Waals surface area contributed by atoms with Gasteiger partial charge in [0.15, 0.2) is 0 Å². The second-order valence-electron chi connectivity index (χ2n) is 3.87. The van der Waals surface area contributed by atoms with Crippen LogP contribution in [0, 0.1) is 22.7 Å². The lowest BCUT2D eigenvalue weighted by molar-refractivity contribution is 0.248. The Bertz CT molecular complexity index is 545. The van der Waals surface area contributed by atoms with Gasteiger partial charge in [0.1, 0.15) is 0 Å². The molecule has 2 N–H and O–H groups in total. The molecule has 1 unspecified atom stereocenters. The van der Waals surface area contributed by atoms with Gasteiger partial charge in [-0.2, -0.15) is 10.5 Å². The Morgan fingerprint density at radius 2 is 2.21 bits per heavy atom. The van der Waals surface area contributed by atoms with Crippen molar-refractivity contribution in [2.24, 2.45) is 0 Å². The summed E-state index contributed by atoms with van der Waals surface area (Å²) in [4.78, 5) is 11.7. The molecule has 1 aromatic rings. The zero-order chi connectivity index (χ0) is 14.3. The number of halogens is 1. The monoisotopic (exact) mass is 276 g/mol. The number of amides is 2. The molecule has 2 amide bonds. The predicted octanol–water partition coefficient (Wildman–Crippen LogP) is 3.03. The number of carbonyl (C=O) groups is 1. The van der Waals surface area contributed by atoms with Crippen molar-refractivity contribution in [3.05, 3.63) is 28.8 Å². The van der Waals surface area contributed by atoms with Crippen molar-refractivity contribution >= 4 is 23.3 Å². The molecule has 5 nitrogen and oxygen atoms in total. The predicted molar refractivity (Wildman–Crippen MR) is 72.6 cm³/mol. The number of hydrogen-bond acceptors (Lipinski definition) is 3. The van der Waals surface area contributed by atoms with E-state index in [1.165, 1.54) is 6.07 Å². The maximum atomic E-state index is 11.7. The molecule has 0 aromatic heterocycles. The average molecular weight is 277 g/mol. The molecule has 0 spiro atoms. The molecular formula is C13H13ClN4O. The highest BCUT2D eigenvalue weighted by Gasteiger charge is 2.11. The lowest BCUT2D eigenvalue weighted by atomic mass is 10.2. The van der Waals surface area contributed by atoms with Crippen molar-refractivity contribution in [2.45, 2.75) is 25.8 Å². The van der Waals surface area contributed by atoms with Gasteiger partial charge in [-0.3, -0.25) is 0 Å². The summed E-state index contributed by atoms with van der Waals surface area (Å²) < 4.78 is 0. The number of urea groups is 1. The fraction of sp³-hybridized carbons (Fsp3) is 0.308. The van der Waals surface area contributed by atoms with Crippen LogP contribution in [0.3, 0.4) is 0 Å². The van der Waals surface area contributed by atoms with Crippen molar-refractivity contribution in [3.63, 3.8) is 0 Å². The number of carbonyl (C=O) groups excluding carboxylic acids is 1. The zero-order valence-corrected chi connectivity index (χ0v) is 11.2. The van der Waals surface area contributed by atoms with Gasteiger partial charge in [0.05, 0.1) is 34.8 Å². The number of hydrogen-bond donors (Lipinski definition) is 2. The topological polar surface area (TPSA) is 88.7 Å². The average Bonchev–Trinajstić information content (AvgIpc) is 2.40. The third-order valence-electron chi connectivity index (χ3n) is 2.51. The van der Waals surface area contributed by atoms with Crippen molar-refractivity contribution in [1.29, 1.82) is 10.5 Å². The van der Waals surface area contributed by atoms with Gasteiger partial charge in [-0.1, -0.05) is 18.5 Å². The smallest absolute Gasteiger partial charge is 0.319 e. The summed E-state index contributed by atoms with van der Waals surface area (Å²) in [7, 11) is 0. The second kappa shape index (κ2) is 7.25. The largest absolute Gasteiger partial charge is 0.334 e. The highest BCUT2D eigenvalue weighted by atomic mass is 35.5. The minimum absolute atomic E-state index is 0.206.